The van der Waals surface area contributed by atoms with Crippen molar-refractivity contribution in [2.75, 3.05) is 5.43 Å². The van der Waals surface area contributed by atoms with Crippen molar-refractivity contribution in [2.45, 2.75) is 0 Å². The van der Waals surface area contributed by atoms with Crippen LogP contribution in [0.4, 0.5) is 5.95 Å². The average molecular weight is 336 g/mol. The van der Waals surface area contributed by atoms with E-state index in [0.717, 1.165) is 27.5 Å². The van der Waals surface area contributed by atoms with E-state index in [2.05, 4.69) is 20.5 Å². The SMILES string of the molecule is Cn1c(NN=Cc2cc3ccccc3nc2Cl)nc2ccccc21. The van der Waals surface area contributed by atoms with Gasteiger partial charge in [0, 0.05) is 18.0 Å². The number of nitrogens with one attached hydrogen (secondary N) is 1. The van der Waals surface area contributed by atoms with E-state index >= 15 is 0 Å². The summed E-state index contributed by atoms with van der Waals surface area (Å²) in [6.45, 7) is 0. The molecule has 24 heavy (non-hydrogen) atoms. The lowest BCUT2D eigenvalue weighted by Crippen LogP contribution is -1.99. The van der Waals surface area contributed by atoms with Crippen LogP contribution in [0.2, 0.25) is 5.15 Å². The lowest BCUT2D eigenvalue weighted by molar-refractivity contribution is 0.943. The molecule has 0 aliphatic rings. The second kappa shape index (κ2) is 5.94. The van der Waals surface area contributed by atoms with Crippen molar-refractivity contribution in [3.05, 3.63) is 65.3 Å². The number of para-hydroxylation sites is 3. The van der Waals surface area contributed by atoms with Crippen molar-refractivity contribution < 1.29 is 0 Å². The van der Waals surface area contributed by atoms with E-state index in [0.29, 0.717) is 11.1 Å². The number of benzene rings is 2. The first kappa shape index (κ1) is 14.7. The summed E-state index contributed by atoms with van der Waals surface area (Å²) in [4.78, 5) is 8.88. The first-order valence-electron chi connectivity index (χ1n) is 7.48. The molecule has 0 bridgehead atoms. The highest BCUT2D eigenvalue weighted by atomic mass is 35.5. The van der Waals surface area contributed by atoms with Gasteiger partial charge in [0.05, 0.1) is 22.8 Å². The molecule has 0 spiro atoms. The van der Waals surface area contributed by atoms with Gasteiger partial charge >= 0.3 is 0 Å². The lowest BCUT2D eigenvalue weighted by Gasteiger charge is -2.03. The molecule has 0 saturated carbocycles. The molecule has 0 saturated heterocycles. The fraction of sp³-hybridized carbons (Fsp3) is 0.0556. The van der Waals surface area contributed by atoms with Gasteiger partial charge in [0.1, 0.15) is 5.15 Å². The number of imidazole rings is 1. The second-order valence-corrected chi connectivity index (χ2v) is 5.77. The van der Waals surface area contributed by atoms with Gasteiger partial charge in [0.25, 0.3) is 0 Å². The van der Waals surface area contributed by atoms with Gasteiger partial charge in [-0.15, -0.1) is 0 Å². The van der Waals surface area contributed by atoms with E-state index in [1.165, 1.54) is 0 Å². The summed E-state index contributed by atoms with van der Waals surface area (Å²) in [5, 5.41) is 5.69. The standard InChI is InChI=1S/C18H14ClN5/c1-24-16-9-5-4-8-15(16)22-18(24)23-20-11-13-10-12-6-2-3-7-14(12)21-17(13)19/h2-11H,1H3,(H,22,23). The molecule has 1 N–H and O–H groups in total. The first-order valence-corrected chi connectivity index (χ1v) is 7.86. The summed E-state index contributed by atoms with van der Waals surface area (Å²) in [5.41, 5.74) is 6.54. The zero-order valence-electron chi connectivity index (χ0n) is 12.9. The van der Waals surface area contributed by atoms with Crippen LogP contribution in [0.25, 0.3) is 21.9 Å². The second-order valence-electron chi connectivity index (χ2n) is 5.41. The third-order valence-electron chi connectivity index (χ3n) is 3.86. The van der Waals surface area contributed by atoms with E-state index in [1.807, 2.05) is 66.2 Å². The Bertz CT molecular complexity index is 1070. The van der Waals surface area contributed by atoms with E-state index in [4.69, 9.17) is 11.6 Å². The summed E-state index contributed by atoms with van der Waals surface area (Å²) >= 11 is 6.23. The van der Waals surface area contributed by atoms with E-state index < -0.39 is 0 Å². The highest BCUT2D eigenvalue weighted by Crippen LogP contribution is 2.20. The van der Waals surface area contributed by atoms with Gasteiger partial charge < -0.3 is 4.57 Å². The maximum Gasteiger partial charge on any atom is 0.224 e. The van der Waals surface area contributed by atoms with E-state index in [1.54, 1.807) is 6.21 Å². The highest BCUT2D eigenvalue weighted by Gasteiger charge is 2.06. The quantitative estimate of drug-likeness (QED) is 0.346. The predicted molar refractivity (Wildman–Crippen MR) is 98.7 cm³/mol. The van der Waals surface area contributed by atoms with Crippen molar-refractivity contribution in [3.8, 4) is 0 Å². The summed E-state index contributed by atoms with van der Waals surface area (Å²) in [7, 11) is 1.94. The van der Waals surface area contributed by atoms with Crippen LogP contribution in [0, 0.1) is 0 Å². The smallest absolute Gasteiger partial charge is 0.224 e. The normalized spacial score (nSPS) is 11.6. The maximum atomic E-state index is 6.23. The van der Waals surface area contributed by atoms with Gasteiger partial charge in [-0.1, -0.05) is 41.9 Å². The van der Waals surface area contributed by atoms with Gasteiger partial charge in [0.15, 0.2) is 0 Å². The number of anilines is 1. The van der Waals surface area contributed by atoms with Crippen LogP contribution in [-0.2, 0) is 7.05 Å². The van der Waals surface area contributed by atoms with Gasteiger partial charge in [-0.05, 0) is 24.3 Å². The van der Waals surface area contributed by atoms with Crippen molar-refractivity contribution in [1.82, 2.24) is 14.5 Å². The molecule has 0 amide bonds. The molecule has 118 valence electrons. The van der Waals surface area contributed by atoms with Crippen LogP contribution >= 0.6 is 11.6 Å². The van der Waals surface area contributed by atoms with Crippen LogP contribution in [0.15, 0.2) is 59.7 Å². The largest absolute Gasteiger partial charge is 0.312 e. The molecule has 0 radical (unpaired) electrons. The molecule has 2 aromatic heterocycles. The van der Waals surface area contributed by atoms with E-state index in [9.17, 15) is 0 Å². The molecule has 2 heterocycles. The minimum absolute atomic E-state index is 0.421. The van der Waals surface area contributed by atoms with Crippen molar-refractivity contribution in [2.24, 2.45) is 12.1 Å². The number of aryl methyl sites for hydroxylation is 1. The first-order chi connectivity index (χ1) is 11.7. The van der Waals surface area contributed by atoms with Crippen LogP contribution in [0.3, 0.4) is 0 Å². The molecule has 0 unspecified atom stereocenters. The van der Waals surface area contributed by atoms with Crippen LogP contribution in [-0.4, -0.2) is 20.7 Å². The fourth-order valence-corrected chi connectivity index (χ4v) is 2.80. The van der Waals surface area contributed by atoms with Crippen LogP contribution in [0.5, 0.6) is 0 Å². The molecule has 0 atom stereocenters. The fourth-order valence-electron chi connectivity index (χ4n) is 2.60. The molecular weight excluding hydrogens is 322 g/mol. The zero-order chi connectivity index (χ0) is 16.5. The Morgan fingerprint density at radius 1 is 1.04 bits per heavy atom. The zero-order valence-corrected chi connectivity index (χ0v) is 13.7. The summed E-state index contributed by atoms with van der Waals surface area (Å²) in [5.74, 6) is 0.664. The molecule has 0 aliphatic carbocycles. The Hall–Kier alpha value is -2.92. The average Bonchev–Trinajstić information content (AvgIpc) is 2.92. The summed E-state index contributed by atoms with van der Waals surface area (Å²) in [6.07, 6.45) is 1.65. The molecule has 0 fully saturated rings. The van der Waals surface area contributed by atoms with E-state index in [-0.39, 0.29) is 0 Å². The highest BCUT2D eigenvalue weighted by molar-refractivity contribution is 6.32. The molecule has 5 nitrogen and oxygen atoms in total. The van der Waals surface area contributed by atoms with Crippen LogP contribution < -0.4 is 5.43 Å². The molecule has 2 aromatic carbocycles. The Kier molecular flexibility index (Phi) is 3.63. The summed E-state index contributed by atoms with van der Waals surface area (Å²) < 4.78 is 1.95. The third-order valence-corrected chi connectivity index (χ3v) is 4.16. The van der Waals surface area contributed by atoms with Crippen molar-refractivity contribution in [3.63, 3.8) is 0 Å². The number of nitrogens with zero attached hydrogens (tertiary/aromatic N) is 4. The number of halogens is 1. The third kappa shape index (κ3) is 2.59. The van der Waals surface area contributed by atoms with Gasteiger partial charge in [-0.3, -0.25) is 0 Å². The minimum Gasteiger partial charge on any atom is -0.312 e. The molecule has 4 aromatic rings. The molecule has 4 rings (SSSR count). The van der Waals surface area contributed by atoms with Crippen LogP contribution in [0.1, 0.15) is 5.56 Å². The number of hydrogen-bond donors (Lipinski definition) is 1. The van der Waals surface area contributed by atoms with Gasteiger partial charge in [0.2, 0.25) is 5.95 Å². The number of hydrazone groups is 1. The topological polar surface area (TPSA) is 55.1 Å². The Morgan fingerprint density at radius 2 is 1.79 bits per heavy atom. The van der Waals surface area contributed by atoms with Crippen molar-refractivity contribution >= 4 is 45.7 Å². The predicted octanol–water partition coefficient (Wildman–Crippen LogP) is 4.22. The monoisotopic (exact) mass is 335 g/mol. The molecule has 6 heteroatoms. The molecule has 0 aliphatic heterocycles. The Labute approximate surface area is 143 Å². The number of fused-ring (bicyclic) bond motifs is 2. The molecular formula is C18H14ClN5. The maximum absolute atomic E-state index is 6.23. The number of pyridine rings is 1. The Balaban J connectivity index is 1.63. The summed E-state index contributed by atoms with van der Waals surface area (Å²) in [6, 6.07) is 17.7. The van der Waals surface area contributed by atoms with Gasteiger partial charge in [-0.25, -0.2) is 15.4 Å². The number of hydrogen-bond acceptors (Lipinski definition) is 4. The van der Waals surface area contributed by atoms with Crippen molar-refractivity contribution in [1.29, 1.82) is 0 Å². The number of aromatic nitrogens is 3. The lowest BCUT2D eigenvalue weighted by atomic mass is 10.2. The minimum atomic E-state index is 0.421. The number of rotatable bonds is 3. The Morgan fingerprint density at radius 3 is 2.62 bits per heavy atom. The van der Waals surface area contributed by atoms with Gasteiger partial charge in [-0.2, -0.15) is 5.10 Å².